The Balaban J connectivity index is 1.59. The first-order chi connectivity index (χ1) is 11.3. The first kappa shape index (κ1) is 15.5. The standard InChI is InChI=1S/C15H15N5O2S/c16-8-12-10-23-7-6-20(12)14(21)4-3-13-18-15(19-22-13)11-2-1-5-17-9-11/h1-2,5,9,12H,3-4,6-7,10H2. The normalized spacial score (nSPS) is 17.7. The van der Waals surface area contributed by atoms with E-state index in [2.05, 4.69) is 21.2 Å². The minimum atomic E-state index is -0.338. The predicted octanol–water partition coefficient (Wildman–Crippen LogP) is 1.53. The molecule has 1 saturated heterocycles. The molecule has 0 saturated carbocycles. The maximum absolute atomic E-state index is 12.3. The third kappa shape index (κ3) is 3.68. The topological polar surface area (TPSA) is 95.9 Å². The molecule has 1 atom stereocenters. The quantitative estimate of drug-likeness (QED) is 0.839. The Labute approximate surface area is 137 Å². The summed E-state index contributed by atoms with van der Waals surface area (Å²) >= 11 is 1.70. The van der Waals surface area contributed by atoms with Gasteiger partial charge in [0.1, 0.15) is 6.04 Å². The molecule has 3 heterocycles. The molecular formula is C15H15N5O2S. The van der Waals surface area contributed by atoms with E-state index in [1.807, 2.05) is 6.07 Å². The molecule has 0 aliphatic carbocycles. The molecular weight excluding hydrogens is 314 g/mol. The highest BCUT2D eigenvalue weighted by molar-refractivity contribution is 7.99. The Hall–Kier alpha value is -2.40. The summed E-state index contributed by atoms with van der Waals surface area (Å²) in [4.78, 5) is 22.2. The highest BCUT2D eigenvalue weighted by atomic mass is 32.2. The lowest BCUT2D eigenvalue weighted by Crippen LogP contribution is -2.45. The highest BCUT2D eigenvalue weighted by Crippen LogP contribution is 2.18. The van der Waals surface area contributed by atoms with Gasteiger partial charge < -0.3 is 9.42 Å². The molecule has 8 heteroatoms. The van der Waals surface area contributed by atoms with E-state index in [1.165, 1.54) is 0 Å². The summed E-state index contributed by atoms with van der Waals surface area (Å²) in [5.74, 6) is 2.38. The fraction of sp³-hybridized carbons (Fsp3) is 0.400. The van der Waals surface area contributed by atoms with Crippen molar-refractivity contribution < 1.29 is 9.32 Å². The predicted molar refractivity (Wildman–Crippen MR) is 84.3 cm³/mol. The minimum absolute atomic E-state index is 0.0435. The van der Waals surface area contributed by atoms with Gasteiger partial charge in [0.25, 0.3) is 0 Å². The number of carbonyl (C=O) groups excluding carboxylic acids is 1. The van der Waals surface area contributed by atoms with Gasteiger partial charge in [-0.25, -0.2) is 0 Å². The molecule has 2 aromatic rings. The van der Waals surface area contributed by atoms with Gasteiger partial charge in [0.05, 0.1) is 6.07 Å². The number of hydrogen-bond acceptors (Lipinski definition) is 7. The Morgan fingerprint density at radius 3 is 3.26 bits per heavy atom. The first-order valence-corrected chi connectivity index (χ1v) is 8.43. The number of carbonyl (C=O) groups is 1. The Morgan fingerprint density at radius 1 is 1.57 bits per heavy atom. The van der Waals surface area contributed by atoms with Crippen molar-refractivity contribution in [3.63, 3.8) is 0 Å². The summed E-state index contributed by atoms with van der Waals surface area (Å²) in [5.41, 5.74) is 0.770. The van der Waals surface area contributed by atoms with Crippen molar-refractivity contribution >= 4 is 17.7 Å². The number of amides is 1. The van der Waals surface area contributed by atoms with Gasteiger partial charge in [-0.05, 0) is 12.1 Å². The zero-order valence-corrected chi connectivity index (χ0v) is 13.2. The van der Waals surface area contributed by atoms with Crippen molar-refractivity contribution in [1.29, 1.82) is 5.26 Å². The van der Waals surface area contributed by atoms with Crippen molar-refractivity contribution in [1.82, 2.24) is 20.0 Å². The average molecular weight is 329 g/mol. The van der Waals surface area contributed by atoms with Crippen LogP contribution in [-0.2, 0) is 11.2 Å². The number of pyridine rings is 1. The number of thioether (sulfide) groups is 1. The van der Waals surface area contributed by atoms with Gasteiger partial charge in [0.15, 0.2) is 0 Å². The molecule has 1 aliphatic heterocycles. The van der Waals surface area contributed by atoms with Crippen LogP contribution in [0, 0.1) is 11.3 Å². The fourth-order valence-corrected chi connectivity index (χ4v) is 3.31. The van der Waals surface area contributed by atoms with Crippen LogP contribution in [0.4, 0.5) is 0 Å². The number of nitrogens with zero attached hydrogens (tertiary/aromatic N) is 5. The monoisotopic (exact) mass is 329 g/mol. The van der Waals surface area contributed by atoms with E-state index in [-0.39, 0.29) is 18.4 Å². The number of rotatable bonds is 4. The summed E-state index contributed by atoms with van der Waals surface area (Å²) in [6.45, 7) is 0.618. The van der Waals surface area contributed by atoms with Crippen LogP contribution in [0.15, 0.2) is 29.0 Å². The van der Waals surface area contributed by atoms with E-state index < -0.39 is 0 Å². The zero-order valence-electron chi connectivity index (χ0n) is 12.4. The van der Waals surface area contributed by atoms with Gasteiger partial charge in [-0.1, -0.05) is 5.16 Å². The highest BCUT2D eigenvalue weighted by Gasteiger charge is 2.26. The molecule has 3 rings (SSSR count). The summed E-state index contributed by atoms with van der Waals surface area (Å²) < 4.78 is 5.18. The number of aryl methyl sites for hydroxylation is 1. The van der Waals surface area contributed by atoms with E-state index in [9.17, 15) is 4.79 Å². The maximum Gasteiger partial charge on any atom is 0.227 e. The lowest BCUT2D eigenvalue weighted by molar-refractivity contribution is -0.132. The molecule has 0 spiro atoms. The lowest BCUT2D eigenvalue weighted by Gasteiger charge is -2.30. The van der Waals surface area contributed by atoms with Crippen molar-refractivity contribution in [2.75, 3.05) is 18.1 Å². The zero-order chi connectivity index (χ0) is 16.1. The largest absolute Gasteiger partial charge is 0.339 e. The summed E-state index contributed by atoms with van der Waals surface area (Å²) in [5, 5.41) is 13.0. The molecule has 23 heavy (non-hydrogen) atoms. The Kier molecular flexibility index (Phi) is 4.88. The second-order valence-corrected chi connectivity index (χ2v) is 6.21. The van der Waals surface area contributed by atoms with Gasteiger partial charge in [0.2, 0.25) is 17.6 Å². The van der Waals surface area contributed by atoms with Crippen LogP contribution < -0.4 is 0 Å². The molecule has 7 nitrogen and oxygen atoms in total. The van der Waals surface area contributed by atoms with Gasteiger partial charge >= 0.3 is 0 Å². The summed E-state index contributed by atoms with van der Waals surface area (Å²) in [7, 11) is 0. The van der Waals surface area contributed by atoms with Crippen LogP contribution in [-0.4, -0.2) is 50.0 Å². The van der Waals surface area contributed by atoms with Crippen molar-refractivity contribution in [2.24, 2.45) is 0 Å². The van der Waals surface area contributed by atoms with E-state index in [4.69, 9.17) is 9.78 Å². The smallest absolute Gasteiger partial charge is 0.227 e. The Bertz CT molecular complexity index is 712. The molecule has 118 valence electrons. The van der Waals surface area contributed by atoms with Crippen LogP contribution in [0.3, 0.4) is 0 Å². The third-order valence-corrected chi connectivity index (χ3v) is 4.56. The second-order valence-electron chi connectivity index (χ2n) is 5.06. The molecule has 0 N–H and O–H groups in total. The molecule has 0 bridgehead atoms. The number of hydrogen-bond donors (Lipinski definition) is 0. The number of aromatic nitrogens is 3. The molecule has 0 radical (unpaired) electrons. The van der Waals surface area contributed by atoms with Gasteiger partial charge in [-0.3, -0.25) is 9.78 Å². The molecule has 1 unspecified atom stereocenters. The minimum Gasteiger partial charge on any atom is -0.339 e. The van der Waals surface area contributed by atoms with Crippen molar-refractivity contribution in [2.45, 2.75) is 18.9 Å². The van der Waals surface area contributed by atoms with Gasteiger partial charge in [-0.15, -0.1) is 0 Å². The second kappa shape index (κ2) is 7.24. The van der Waals surface area contributed by atoms with E-state index >= 15 is 0 Å². The molecule has 1 aliphatic rings. The maximum atomic E-state index is 12.3. The van der Waals surface area contributed by atoms with E-state index in [0.29, 0.717) is 30.4 Å². The van der Waals surface area contributed by atoms with Crippen LogP contribution in [0.5, 0.6) is 0 Å². The van der Waals surface area contributed by atoms with Crippen molar-refractivity contribution in [3.8, 4) is 17.5 Å². The summed E-state index contributed by atoms with van der Waals surface area (Å²) in [6, 6.07) is 5.49. The summed E-state index contributed by atoms with van der Waals surface area (Å²) in [6.07, 6.45) is 3.96. The third-order valence-electron chi connectivity index (χ3n) is 3.54. The van der Waals surface area contributed by atoms with Gasteiger partial charge in [0, 0.05) is 48.8 Å². The van der Waals surface area contributed by atoms with E-state index in [1.54, 1.807) is 35.1 Å². The fourth-order valence-electron chi connectivity index (χ4n) is 2.34. The lowest BCUT2D eigenvalue weighted by atomic mass is 10.2. The van der Waals surface area contributed by atoms with Crippen molar-refractivity contribution in [3.05, 3.63) is 30.4 Å². The van der Waals surface area contributed by atoms with Crippen LogP contribution in [0.2, 0.25) is 0 Å². The van der Waals surface area contributed by atoms with Crippen LogP contribution in [0.1, 0.15) is 12.3 Å². The Morgan fingerprint density at radius 2 is 2.48 bits per heavy atom. The van der Waals surface area contributed by atoms with Crippen LogP contribution >= 0.6 is 11.8 Å². The average Bonchev–Trinajstić information content (AvgIpc) is 3.09. The van der Waals surface area contributed by atoms with Crippen LogP contribution in [0.25, 0.3) is 11.4 Å². The molecule has 2 aromatic heterocycles. The number of nitriles is 1. The van der Waals surface area contributed by atoms with Gasteiger partial charge in [-0.2, -0.15) is 22.0 Å². The van der Waals surface area contributed by atoms with E-state index in [0.717, 1.165) is 11.3 Å². The SMILES string of the molecule is N#CC1CSCCN1C(=O)CCc1nc(-c2cccnc2)no1. The molecule has 0 aromatic carbocycles. The molecule has 1 amide bonds. The first-order valence-electron chi connectivity index (χ1n) is 7.28. The molecule has 1 fully saturated rings.